The van der Waals surface area contributed by atoms with Crippen LogP contribution in [0.4, 0.5) is 0 Å². The fourth-order valence-corrected chi connectivity index (χ4v) is 6.33. The van der Waals surface area contributed by atoms with Crippen LogP contribution < -0.4 is 11.1 Å². The van der Waals surface area contributed by atoms with E-state index in [4.69, 9.17) is 33.4 Å². The van der Waals surface area contributed by atoms with Crippen molar-refractivity contribution in [2.24, 2.45) is 5.73 Å². The van der Waals surface area contributed by atoms with Gasteiger partial charge in [-0.2, -0.15) is 0 Å². The molecule has 2 heterocycles. The van der Waals surface area contributed by atoms with E-state index in [1.165, 1.54) is 18.2 Å². The molecular formula is C31H31Cl2N3O7S. The number of fused-ring (bicyclic) bond motifs is 2. The van der Waals surface area contributed by atoms with E-state index in [1.807, 2.05) is 19.1 Å². The van der Waals surface area contributed by atoms with E-state index in [2.05, 4.69) is 5.32 Å². The van der Waals surface area contributed by atoms with Gasteiger partial charge in [-0.15, -0.1) is 0 Å². The van der Waals surface area contributed by atoms with E-state index in [1.54, 1.807) is 35.4 Å². The lowest BCUT2D eigenvalue weighted by atomic mass is 9.95. The molecule has 1 aromatic heterocycles. The van der Waals surface area contributed by atoms with Gasteiger partial charge in [-0.25, -0.2) is 13.2 Å². The summed E-state index contributed by atoms with van der Waals surface area (Å²) in [7, 11) is -3.50. The third kappa shape index (κ3) is 7.41. The van der Waals surface area contributed by atoms with Crippen LogP contribution in [0.1, 0.15) is 44.3 Å². The van der Waals surface area contributed by atoms with Crippen molar-refractivity contribution in [3.8, 4) is 0 Å². The lowest BCUT2D eigenvalue weighted by molar-refractivity contribution is -0.139. The molecule has 0 spiro atoms. The van der Waals surface area contributed by atoms with E-state index in [9.17, 15) is 27.9 Å². The van der Waals surface area contributed by atoms with Crippen molar-refractivity contribution in [1.82, 2.24) is 10.2 Å². The summed E-state index contributed by atoms with van der Waals surface area (Å²) in [4.78, 5) is 40.1. The molecule has 232 valence electrons. The van der Waals surface area contributed by atoms with Crippen LogP contribution in [-0.4, -0.2) is 61.6 Å². The van der Waals surface area contributed by atoms with Crippen LogP contribution >= 0.6 is 23.2 Å². The van der Waals surface area contributed by atoms with Crippen molar-refractivity contribution in [3.05, 3.63) is 98.7 Å². The molecule has 0 saturated heterocycles. The molecule has 0 aliphatic carbocycles. The maximum absolute atomic E-state index is 13.2. The number of carboxylic acid groups (broad SMARTS) is 1. The Morgan fingerprint density at radius 3 is 2.52 bits per heavy atom. The van der Waals surface area contributed by atoms with Crippen molar-refractivity contribution in [2.45, 2.75) is 37.2 Å². The Hall–Kier alpha value is -3.90. The number of sulfone groups is 1. The van der Waals surface area contributed by atoms with Gasteiger partial charge in [0.1, 0.15) is 11.6 Å². The monoisotopic (exact) mass is 659 g/mol. The SMILES string of the molecule is CCN.CS(=O)(=O)c1cccc(CC(NC(=O)c2c(Cl)cc3c(c2Cl)CCN(C(=O)c2ccc4ccoc4c2)C3)C(=O)O)c1. The van der Waals surface area contributed by atoms with Crippen molar-refractivity contribution in [1.29, 1.82) is 0 Å². The topological polar surface area (TPSA) is 160 Å². The molecule has 44 heavy (non-hydrogen) atoms. The summed E-state index contributed by atoms with van der Waals surface area (Å²) in [6.07, 6.45) is 2.81. The average molecular weight is 661 g/mol. The third-order valence-electron chi connectivity index (χ3n) is 6.99. The van der Waals surface area contributed by atoms with E-state index >= 15 is 0 Å². The van der Waals surface area contributed by atoms with Crippen LogP contribution in [0.5, 0.6) is 0 Å². The fourth-order valence-electron chi connectivity index (χ4n) is 4.87. The summed E-state index contributed by atoms with van der Waals surface area (Å²) >= 11 is 13.1. The molecule has 10 nitrogen and oxygen atoms in total. The number of carbonyl (C=O) groups is 3. The maximum atomic E-state index is 13.2. The zero-order valence-corrected chi connectivity index (χ0v) is 26.3. The molecule has 0 fully saturated rings. The normalized spacial score (nSPS) is 13.4. The molecule has 1 unspecified atom stereocenters. The number of carbonyl (C=O) groups excluding carboxylic acids is 2. The molecule has 1 aliphatic heterocycles. The quantitative estimate of drug-likeness (QED) is 0.257. The first-order chi connectivity index (χ1) is 20.8. The Kier molecular flexibility index (Phi) is 10.4. The van der Waals surface area contributed by atoms with Crippen molar-refractivity contribution >= 4 is 61.8 Å². The summed E-state index contributed by atoms with van der Waals surface area (Å²) in [6, 6.07) is 13.1. The second-order valence-electron chi connectivity index (χ2n) is 10.2. The van der Waals surface area contributed by atoms with E-state index < -0.39 is 27.8 Å². The number of rotatable bonds is 7. The molecule has 0 bridgehead atoms. The standard InChI is InChI=1S/C29H24Cl2N2O7S.C2H7N/c1-41(38,39)20-4-2-3-16(11-20)12-23(29(36)37)32-27(34)25-22(30)13-19-15-33(9-7-21(19)26(25)31)28(35)18-6-5-17-8-10-40-24(17)14-18;1-2-3/h2-6,8,10-11,13-14,23H,7,9,12,15H2,1H3,(H,32,34)(H,36,37);2-3H2,1H3. The summed E-state index contributed by atoms with van der Waals surface area (Å²) in [5.41, 5.74) is 7.62. The van der Waals surface area contributed by atoms with Gasteiger partial charge in [-0.05, 0) is 66.1 Å². The number of benzene rings is 3. The number of carboxylic acids is 1. The number of nitrogens with two attached hydrogens (primary N) is 1. The molecule has 3 aromatic carbocycles. The van der Waals surface area contributed by atoms with Crippen LogP contribution in [0.25, 0.3) is 11.0 Å². The summed E-state index contributed by atoms with van der Waals surface area (Å²) in [5.74, 6) is -2.28. The van der Waals surface area contributed by atoms with Gasteiger partial charge >= 0.3 is 5.97 Å². The first-order valence-electron chi connectivity index (χ1n) is 13.6. The Morgan fingerprint density at radius 2 is 1.84 bits per heavy atom. The summed E-state index contributed by atoms with van der Waals surface area (Å²) in [6.45, 7) is 3.22. The number of amides is 2. The first-order valence-corrected chi connectivity index (χ1v) is 16.3. The molecule has 4 N–H and O–H groups in total. The zero-order chi connectivity index (χ0) is 32.2. The number of nitrogens with one attached hydrogen (secondary N) is 1. The highest BCUT2D eigenvalue weighted by Crippen LogP contribution is 2.35. The predicted octanol–water partition coefficient (Wildman–Crippen LogP) is 4.73. The molecule has 1 aliphatic rings. The second kappa shape index (κ2) is 13.8. The van der Waals surface area contributed by atoms with Crippen LogP contribution in [-0.2, 0) is 34.0 Å². The van der Waals surface area contributed by atoms with Gasteiger partial charge < -0.3 is 25.5 Å². The number of hydrogen-bond acceptors (Lipinski definition) is 7. The lowest BCUT2D eigenvalue weighted by Gasteiger charge is -2.30. The highest BCUT2D eigenvalue weighted by Gasteiger charge is 2.30. The van der Waals surface area contributed by atoms with Crippen molar-refractivity contribution < 1.29 is 32.3 Å². The van der Waals surface area contributed by atoms with Gasteiger partial charge in [0, 0.05) is 36.7 Å². The molecule has 2 amide bonds. The van der Waals surface area contributed by atoms with Gasteiger partial charge in [0.2, 0.25) is 0 Å². The third-order valence-corrected chi connectivity index (χ3v) is 8.82. The molecule has 0 radical (unpaired) electrons. The van der Waals surface area contributed by atoms with Crippen LogP contribution in [0.2, 0.25) is 10.0 Å². The Balaban J connectivity index is 0.00000141. The Bertz CT molecular complexity index is 1840. The second-order valence-corrected chi connectivity index (χ2v) is 13.0. The van der Waals surface area contributed by atoms with Crippen LogP contribution in [0.3, 0.4) is 0 Å². The Labute approximate surface area is 264 Å². The van der Waals surface area contributed by atoms with Gasteiger partial charge in [-0.1, -0.05) is 48.3 Å². The number of hydrogen-bond donors (Lipinski definition) is 3. The van der Waals surface area contributed by atoms with Gasteiger partial charge in [0.25, 0.3) is 11.8 Å². The molecule has 5 rings (SSSR count). The highest BCUT2D eigenvalue weighted by atomic mass is 35.5. The average Bonchev–Trinajstić information content (AvgIpc) is 3.44. The minimum atomic E-state index is -3.50. The maximum Gasteiger partial charge on any atom is 0.326 e. The number of halogens is 2. The minimum Gasteiger partial charge on any atom is -0.480 e. The smallest absolute Gasteiger partial charge is 0.326 e. The lowest BCUT2D eigenvalue weighted by Crippen LogP contribution is -2.42. The first kappa shape index (κ1) is 33.0. The molecule has 1 atom stereocenters. The van der Waals surface area contributed by atoms with Crippen LogP contribution in [0.15, 0.2) is 70.2 Å². The number of aliphatic carboxylic acids is 1. The largest absolute Gasteiger partial charge is 0.480 e. The number of furan rings is 1. The van der Waals surface area contributed by atoms with Crippen molar-refractivity contribution in [2.75, 3.05) is 19.3 Å². The minimum absolute atomic E-state index is 0.0146. The Morgan fingerprint density at radius 1 is 1.11 bits per heavy atom. The van der Waals surface area contributed by atoms with Crippen LogP contribution in [0, 0.1) is 0 Å². The molecular weight excluding hydrogens is 629 g/mol. The molecule has 13 heteroatoms. The molecule has 4 aromatic rings. The van der Waals surface area contributed by atoms with Gasteiger partial charge in [-0.3, -0.25) is 9.59 Å². The summed E-state index contributed by atoms with van der Waals surface area (Å²) < 4.78 is 29.2. The number of nitrogens with zero attached hydrogens (tertiary/aromatic N) is 1. The van der Waals surface area contributed by atoms with E-state index in [-0.39, 0.29) is 39.4 Å². The summed E-state index contributed by atoms with van der Waals surface area (Å²) in [5, 5.41) is 13.2. The van der Waals surface area contributed by atoms with Gasteiger partial charge in [0.15, 0.2) is 9.84 Å². The predicted molar refractivity (Wildman–Crippen MR) is 168 cm³/mol. The fraction of sp³-hybridized carbons (Fsp3) is 0.258. The van der Waals surface area contributed by atoms with E-state index in [0.29, 0.717) is 40.8 Å². The zero-order valence-electron chi connectivity index (χ0n) is 24.0. The van der Waals surface area contributed by atoms with E-state index in [0.717, 1.165) is 18.2 Å². The van der Waals surface area contributed by atoms with Gasteiger partial charge in [0.05, 0.1) is 26.8 Å². The highest BCUT2D eigenvalue weighted by molar-refractivity contribution is 7.90. The molecule has 0 saturated carbocycles. The van der Waals surface area contributed by atoms with Crippen molar-refractivity contribution in [3.63, 3.8) is 0 Å².